The number of hydrogen-bond acceptors (Lipinski definition) is 3. The summed E-state index contributed by atoms with van der Waals surface area (Å²) < 4.78 is 18.5. The standard InChI is InChI=1S/C14H18Cl2FNO2/c1-5-8(2)18-14(3,13(19)20-4)9-6-12(17)11(16)7-10(9)15/h6-8,18H,5H2,1-4H3. The van der Waals surface area contributed by atoms with E-state index in [1.165, 1.54) is 13.2 Å². The van der Waals surface area contributed by atoms with Crippen molar-refractivity contribution in [2.24, 2.45) is 0 Å². The van der Waals surface area contributed by atoms with Crippen LogP contribution in [0.4, 0.5) is 4.39 Å². The van der Waals surface area contributed by atoms with Gasteiger partial charge in [0.15, 0.2) is 0 Å². The zero-order valence-electron chi connectivity index (χ0n) is 11.9. The van der Waals surface area contributed by atoms with Crippen LogP contribution in [0.25, 0.3) is 0 Å². The van der Waals surface area contributed by atoms with Crippen LogP contribution in [-0.2, 0) is 15.1 Å². The molecule has 0 heterocycles. The first kappa shape index (κ1) is 17.2. The van der Waals surface area contributed by atoms with Crippen LogP contribution in [0.5, 0.6) is 0 Å². The zero-order chi connectivity index (χ0) is 15.5. The third-order valence-electron chi connectivity index (χ3n) is 3.29. The van der Waals surface area contributed by atoms with Gasteiger partial charge < -0.3 is 4.74 Å². The number of ether oxygens (including phenoxy) is 1. The van der Waals surface area contributed by atoms with Gasteiger partial charge in [-0.2, -0.15) is 0 Å². The lowest BCUT2D eigenvalue weighted by atomic mass is 9.90. The molecule has 0 bridgehead atoms. The van der Waals surface area contributed by atoms with Crippen LogP contribution < -0.4 is 5.32 Å². The highest BCUT2D eigenvalue weighted by Gasteiger charge is 2.39. The van der Waals surface area contributed by atoms with Crippen molar-refractivity contribution in [1.82, 2.24) is 5.32 Å². The second-order valence-electron chi connectivity index (χ2n) is 4.82. The van der Waals surface area contributed by atoms with Gasteiger partial charge in [0.25, 0.3) is 0 Å². The molecule has 0 aromatic heterocycles. The summed E-state index contributed by atoms with van der Waals surface area (Å²) in [6.45, 7) is 5.50. The Bertz CT molecular complexity index is 510. The Hall–Kier alpha value is -0.840. The van der Waals surface area contributed by atoms with E-state index in [0.717, 1.165) is 12.5 Å². The SMILES string of the molecule is CCC(C)NC(C)(C(=O)OC)c1cc(F)c(Cl)cc1Cl. The molecule has 0 amide bonds. The molecule has 0 saturated heterocycles. The molecule has 0 radical (unpaired) electrons. The van der Waals surface area contributed by atoms with Gasteiger partial charge in [0.2, 0.25) is 0 Å². The van der Waals surface area contributed by atoms with Crippen molar-refractivity contribution in [2.45, 2.75) is 38.8 Å². The van der Waals surface area contributed by atoms with Gasteiger partial charge in [-0.3, -0.25) is 5.32 Å². The van der Waals surface area contributed by atoms with E-state index in [-0.39, 0.29) is 16.1 Å². The maximum atomic E-state index is 13.7. The van der Waals surface area contributed by atoms with E-state index in [0.29, 0.717) is 5.56 Å². The van der Waals surface area contributed by atoms with Gasteiger partial charge in [0.05, 0.1) is 12.1 Å². The molecule has 2 atom stereocenters. The quantitative estimate of drug-likeness (QED) is 0.660. The molecule has 0 fully saturated rings. The molecule has 1 rings (SSSR count). The minimum atomic E-state index is -1.24. The van der Waals surface area contributed by atoms with Gasteiger partial charge in [0, 0.05) is 16.6 Å². The summed E-state index contributed by atoms with van der Waals surface area (Å²) in [5, 5.41) is 3.25. The summed E-state index contributed by atoms with van der Waals surface area (Å²) >= 11 is 11.8. The van der Waals surface area contributed by atoms with E-state index in [9.17, 15) is 9.18 Å². The van der Waals surface area contributed by atoms with Gasteiger partial charge >= 0.3 is 5.97 Å². The number of hydrogen-bond donors (Lipinski definition) is 1. The summed E-state index contributed by atoms with van der Waals surface area (Å²) in [7, 11) is 1.28. The second kappa shape index (κ2) is 6.74. The van der Waals surface area contributed by atoms with Crippen LogP contribution in [0.15, 0.2) is 12.1 Å². The molecule has 1 N–H and O–H groups in total. The fraction of sp³-hybridized carbons (Fsp3) is 0.500. The Morgan fingerprint density at radius 3 is 2.55 bits per heavy atom. The van der Waals surface area contributed by atoms with E-state index in [4.69, 9.17) is 27.9 Å². The molecule has 20 heavy (non-hydrogen) atoms. The third kappa shape index (κ3) is 3.43. The normalized spacial score (nSPS) is 15.6. The molecular formula is C14H18Cl2FNO2. The third-order valence-corrected chi connectivity index (χ3v) is 3.89. The van der Waals surface area contributed by atoms with E-state index < -0.39 is 17.3 Å². The van der Waals surface area contributed by atoms with Crippen LogP contribution in [-0.4, -0.2) is 19.1 Å². The number of benzene rings is 1. The first-order valence-electron chi connectivity index (χ1n) is 6.27. The maximum absolute atomic E-state index is 13.7. The maximum Gasteiger partial charge on any atom is 0.330 e. The van der Waals surface area contributed by atoms with Crippen molar-refractivity contribution in [3.63, 3.8) is 0 Å². The molecule has 6 heteroatoms. The summed E-state index contributed by atoms with van der Waals surface area (Å²) in [4.78, 5) is 12.1. The molecule has 0 aliphatic heterocycles. The minimum Gasteiger partial charge on any atom is -0.467 e. The fourth-order valence-corrected chi connectivity index (χ4v) is 2.52. The van der Waals surface area contributed by atoms with Crippen molar-refractivity contribution in [3.05, 3.63) is 33.6 Å². The van der Waals surface area contributed by atoms with Crippen molar-refractivity contribution < 1.29 is 13.9 Å². The highest BCUT2D eigenvalue weighted by atomic mass is 35.5. The molecule has 3 nitrogen and oxygen atoms in total. The number of methoxy groups -OCH3 is 1. The number of esters is 1. The van der Waals surface area contributed by atoms with E-state index in [1.54, 1.807) is 6.92 Å². The number of nitrogens with one attached hydrogen (secondary N) is 1. The van der Waals surface area contributed by atoms with Gasteiger partial charge in [-0.05, 0) is 32.4 Å². The van der Waals surface area contributed by atoms with Gasteiger partial charge in [-0.25, -0.2) is 9.18 Å². The van der Waals surface area contributed by atoms with Crippen molar-refractivity contribution >= 4 is 29.2 Å². The molecule has 2 unspecified atom stereocenters. The predicted molar refractivity (Wildman–Crippen MR) is 78.7 cm³/mol. The van der Waals surface area contributed by atoms with Crippen LogP contribution in [0.3, 0.4) is 0 Å². The van der Waals surface area contributed by atoms with E-state index >= 15 is 0 Å². The highest BCUT2D eigenvalue weighted by Crippen LogP contribution is 2.33. The molecule has 1 aromatic carbocycles. The lowest BCUT2D eigenvalue weighted by Gasteiger charge is -2.32. The molecule has 0 aliphatic carbocycles. The fourth-order valence-electron chi connectivity index (χ4n) is 1.95. The Kier molecular flexibility index (Phi) is 5.80. The summed E-state index contributed by atoms with van der Waals surface area (Å²) in [6, 6.07) is 2.47. The van der Waals surface area contributed by atoms with Crippen molar-refractivity contribution in [2.75, 3.05) is 7.11 Å². The molecule has 0 saturated carbocycles. The average Bonchev–Trinajstić information content (AvgIpc) is 2.41. The number of carbonyl (C=O) groups is 1. The zero-order valence-corrected chi connectivity index (χ0v) is 13.4. The topological polar surface area (TPSA) is 38.3 Å². The van der Waals surface area contributed by atoms with Crippen LogP contribution in [0.1, 0.15) is 32.8 Å². The number of halogens is 3. The van der Waals surface area contributed by atoms with Crippen molar-refractivity contribution in [3.8, 4) is 0 Å². The minimum absolute atomic E-state index is 0.0221. The van der Waals surface area contributed by atoms with E-state index in [2.05, 4.69) is 5.32 Å². The Morgan fingerprint density at radius 2 is 2.05 bits per heavy atom. The van der Waals surface area contributed by atoms with Gasteiger partial charge in [-0.1, -0.05) is 30.1 Å². The molecule has 0 spiro atoms. The molecule has 0 aliphatic rings. The molecule has 1 aromatic rings. The Balaban J connectivity index is 3.37. The summed E-state index contributed by atoms with van der Waals surface area (Å²) in [5.74, 6) is -1.17. The number of rotatable bonds is 5. The van der Waals surface area contributed by atoms with Crippen LogP contribution in [0.2, 0.25) is 10.0 Å². The van der Waals surface area contributed by atoms with E-state index in [1.807, 2.05) is 13.8 Å². The second-order valence-corrected chi connectivity index (χ2v) is 5.63. The monoisotopic (exact) mass is 321 g/mol. The lowest BCUT2D eigenvalue weighted by molar-refractivity contribution is -0.148. The predicted octanol–water partition coefficient (Wildman–Crippen LogP) is 3.91. The molecule has 112 valence electrons. The first-order chi connectivity index (χ1) is 9.26. The largest absolute Gasteiger partial charge is 0.467 e. The number of carbonyl (C=O) groups excluding carboxylic acids is 1. The highest BCUT2D eigenvalue weighted by molar-refractivity contribution is 6.35. The van der Waals surface area contributed by atoms with Crippen LogP contribution in [0, 0.1) is 5.82 Å². The molecular weight excluding hydrogens is 304 g/mol. The van der Waals surface area contributed by atoms with Gasteiger partial charge in [-0.15, -0.1) is 0 Å². The summed E-state index contributed by atoms with van der Waals surface area (Å²) in [6.07, 6.45) is 0.792. The average molecular weight is 322 g/mol. The Morgan fingerprint density at radius 1 is 1.45 bits per heavy atom. The van der Waals surface area contributed by atoms with Crippen LogP contribution >= 0.6 is 23.2 Å². The van der Waals surface area contributed by atoms with Gasteiger partial charge in [0.1, 0.15) is 11.4 Å². The Labute approximate surface area is 128 Å². The lowest BCUT2D eigenvalue weighted by Crippen LogP contribution is -2.51. The van der Waals surface area contributed by atoms with Crippen molar-refractivity contribution in [1.29, 1.82) is 0 Å². The first-order valence-corrected chi connectivity index (χ1v) is 7.03. The summed E-state index contributed by atoms with van der Waals surface area (Å²) in [5.41, 5.74) is -0.944. The smallest absolute Gasteiger partial charge is 0.330 e.